The van der Waals surface area contributed by atoms with E-state index in [-0.39, 0.29) is 35.8 Å². The van der Waals surface area contributed by atoms with Crippen molar-refractivity contribution in [1.82, 2.24) is 0 Å². The zero-order chi connectivity index (χ0) is 18.9. The minimum Gasteiger partial charge on any atom is -0.0622 e. The monoisotopic (exact) mass is 283 g/mol. The third-order valence-electron chi connectivity index (χ3n) is 4.30. The summed E-state index contributed by atoms with van der Waals surface area (Å²) in [4.78, 5) is 0. The summed E-state index contributed by atoms with van der Waals surface area (Å²) in [5, 5.41) is 6.44. The van der Waals surface area contributed by atoms with Crippen LogP contribution in [0.2, 0.25) is 0 Å². The molecule has 0 bridgehead atoms. The fourth-order valence-electron chi connectivity index (χ4n) is 3.34. The lowest BCUT2D eigenvalue weighted by molar-refractivity contribution is 1.66. The zero-order valence-corrected chi connectivity index (χ0v) is 11.7. The second-order valence-corrected chi connectivity index (χ2v) is 5.47. The van der Waals surface area contributed by atoms with Crippen LogP contribution >= 0.6 is 0 Å². The van der Waals surface area contributed by atoms with Crippen molar-refractivity contribution >= 4 is 32.3 Å². The van der Waals surface area contributed by atoms with E-state index in [1.54, 1.807) is 0 Å². The molecule has 0 radical (unpaired) electrons. The highest BCUT2D eigenvalue weighted by Gasteiger charge is 2.11. The van der Waals surface area contributed by atoms with Crippen molar-refractivity contribution in [3.63, 3.8) is 0 Å². The van der Waals surface area contributed by atoms with E-state index in [0.29, 0.717) is 5.56 Å². The third-order valence-corrected chi connectivity index (χ3v) is 4.30. The van der Waals surface area contributed by atoms with E-state index in [0.717, 1.165) is 32.3 Å². The summed E-state index contributed by atoms with van der Waals surface area (Å²) in [5.74, 6) is 0. The van der Waals surface area contributed by atoms with Gasteiger partial charge in [0, 0.05) is 0 Å². The molecule has 0 amide bonds. The lowest BCUT2D eigenvalue weighted by Crippen LogP contribution is -1.86. The first-order valence-corrected chi connectivity index (χ1v) is 7.23. The highest BCUT2D eigenvalue weighted by atomic mass is 14.1. The van der Waals surface area contributed by atoms with Crippen molar-refractivity contribution < 1.29 is 6.85 Å². The van der Waals surface area contributed by atoms with Gasteiger partial charge in [-0.1, -0.05) is 84.8 Å². The quantitative estimate of drug-likeness (QED) is 0.319. The molecule has 0 spiro atoms. The van der Waals surface area contributed by atoms with Crippen molar-refractivity contribution in [2.75, 3.05) is 0 Å². The van der Waals surface area contributed by atoms with Gasteiger partial charge in [-0.25, -0.2) is 0 Å². The summed E-state index contributed by atoms with van der Waals surface area (Å²) in [5.41, 5.74) is 0.914. The molecule has 5 rings (SSSR count). The Labute approximate surface area is 136 Å². The van der Waals surface area contributed by atoms with Crippen molar-refractivity contribution in [1.29, 1.82) is 0 Å². The first-order valence-electron chi connectivity index (χ1n) is 9.73. The van der Waals surface area contributed by atoms with Crippen LogP contribution < -0.4 is 0 Å². The van der Waals surface area contributed by atoms with Crippen LogP contribution in [0, 0.1) is 0 Å². The zero-order valence-electron chi connectivity index (χ0n) is 16.7. The molecule has 0 heterocycles. The van der Waals surface area contributed by atoms with Gasteiger partial charge in [0.25, 0.3) is 0 Å². The van der Waals surface area contributed by atoms with E-state index in [1.807, 2.05) is 30.3 Å². The molecule has 5 aromatic carbocycles. The summed E-state index contributed by atoms with van der Waals surface area (Å²) >= 11 is 0. The van der Waals surface area contributed by atoms with Crippen LogP contribution in [-0.4, -0.2) is 0 Å². The van der Waals surface area contributed by atoms with Crippen molar-refractivity contribution in [2.24, 2.45) is 0 Å². The normalized spacial score (nSPS) is 14.8. The summed E-state index contributed by atoms with van der Waals surface area (Å²) < 4.78 is 40.5. The van der Waals surface area contributed by atoms with Crippen LogP contribution in [0.3, 0.4) is 0 Å². The molecule has 0 aliphatic rings. The third kappa shape index (κ3) is 1.52. The van der Waals surface area contributed by atoms with Gasteiger partial charge in [0.1, 0.15) is 0 Å². The van der Waals surface area contributed by atoms with E-state index >= 15 is 0 Å². The molecule has 0 aromatic heterocycles. The van der Waals surface area contributed by atoms with Gasteiger partial charge < -0.3 is 0 Å². The number of rotatable bonds is 1. The maximum absolute atomic E-state index is 8.33. The molecule has 22 heavy (non-hydrogen) atoms. The Hall–Kier alpha value is -2.86. The Bertz CT molecular complexity index is 1330. The predicted octanol–water partition coefficient (Wildman–Crippen LogP) is 6.25. The molecule has 0 heteroatoms. The van der Waals surface area contributed by atoms with Crippen LogP contribution in [0.25, 0.3) is 43.4 Å². The fraction of sp³-hybridized carbons (Fsp3) is 0. The molecule has 0 saturated carbocycles. The maximum Gasteiger partial charge on any atom is 0.0629 e. The van der Waals surface area contributed by atoms with Gasteiger partial charge in [0.05, 0.1) is 6.85 Å². The molecule has 0 aliphatic carbocycles. The van der Waals surface area contributed by atoms with Gasteiger partial charge in [0.2, 0.25) is 0 Å². The Kier molecular flexibility index (Phi) is 1.56. The number of hydrogen-bond donors (Lipinski definition) is 0. The Morgan fingerprint density at radius 2 is 1.23 bits per heavy atom. The Morgan fingerprint density at radius 1 is 0.591 bits per heavy atom. The molecular formula is C22H14. The number of benzene rings is 5. The molecule has 0 nitrogen and oxygen atoms in total. The molecular weight excluding hydrogens is 264 g/mol. The van der Waals surface area contributed by atoms with Crippen LogP contribution in [0.1, 0.15) is 6.85 Å². The largest absolute Gasteiger partial charge is 0.0629 e. The first-order chi connectivity index (χ1) is 13.0. The van der Waals surface area contributed by atoms with Gasteiger partial charge in [-0.3, -0.25) is 0 Å². The van der Waals surface area contributed by atoms with Crippen molar-refractivity contribution in [3.8, 4) is 11.1 Å². The molecule has 0 atom stereocenters. The summed E-state index contributed by atoms with van der Waals surface area (Å²) in [6.45, 7) is 0. The molecule has 0 aliphatic heterocycles. The topological polar surface area (TPSA) is 0 Å². The standard InChI is InChI=1S/C22H14/c1-2-5-15(6-3-1)19-13-11-18-10-9-16-7-4-8-17-12-14-20(19)22(18)21(16)17/h1-14H/i1D,2D,3D,5D,6D. The van der Waals surface area contributed by atoms with Crippen molar-refractivity contribution in [3.05, 3.63) is 84.8 Å². The molecule has 0 saturated heterocycles. The Morgan fingerprint density at radius 3 is 2.00 bits per heavy atom. The average molecular weight is 283 g/mol. The minimum absolute atomic E-state index is 0.170. The van der Waals surface area contributed by atoms with Crippen LogP contribution in [0.4, 0.5) is 0 Å². The van der Waals surface area contributed by atoms with Crippen LogP contribution in [0.15, 0.2) is 84.8 Å². The second-order valence-electron chi connectivity index (χ2n) is 5.47. The van der Waals surface area contributed by atoms with Crippen molar-refractivity contribution in [2.45, 2.75) is 0 Å². The van der Waals surface area contributed by atoms with E-state index in [2.05, 4.69) is 24.3 Å². The smallest absolute Gasteiger partial charge is 0.0622 e. The van der Waals surface area contributed by atoms with Gasteiger partial charge in [-0.15, -0.1) is 0 Å². The maximum atomic E-state index is 8.33. The van der Waals surface area contributed by atoms with E-state index < -0.39 is 0 Å². The summed E-state index contributed by atoms with van der Waals surface area (Å²) in [6, 6.07) is 16.8. The summed E-state index contributed by atoms with van der Waals surface area (Å²) in [7, 11) is 0. The molecule has 0 fully saturated rings. The average Bonchev–Trinajstić information content (AvgIpc) is 2.70. The Balaban J connectivity index is 1.99. The molecule has 0 unspecified atom stereocenters. The van der Waals surface area contributed by atoms with E-state index in [4.69, 9.17) is 6.85 Å². The lowest BCUT2D eigenvalue weighted by atomic mass is 9.90. The van der Waals surface area contributed by atoms with E-state index in [1.165, 1.54) is 0 Å². The predicted molar refractivity (Wildman–Crippen MR) is 95.6 cm³/mol. The highest BCUT2D eigenvalue weighted by Crippen LogP contribution is 2.38. The minimum atomic E-state index is -0.369. The van der Waals surface area contributed by atoms with Gasteiger partial charge in [-0.05, 0) is 43.4 Å². The van der Waals surface area contributed by atoms with Crippen LogP contribution in [-0.2, 0) is 0 Å². The molecule has 5 aromatic rings. The highest BCUT2D eigenvalue weighted by molar-refractivity contribution is 6.25. The lowest BCUT2D eigenvalue weighted by Gasteiger charge is -2.14. The van der Waals surface area contributed by atoms with E-state index in [9.17, 15) is 0 Å². The van der Waals surface area contributed by atoms with Crippen LogP contribution in [0.5, 0.6) is 0 Å². The van der Waals surface area contributed by atoms with Gasteiger partial charge in [0.15, 0.2) is 0 Å². The summed E-state index contributed by atoms with van der Waals surface area (Å²) in [6.07, 6.45) is 0. The fourth-order valence-corrected chi connectivity index (χ4v) is 3.34. The second kappa shape index (κ2) is 4.32. The SMILES string of the molecule is [2H]c1c([2H])c([2H])c(-c2ccc3ccc4cccc5ccc2c3c45)c([2H])c1[2H]. The first kappa shape index (κ1) is 7.95. The molecule has 102 valence electrons. The van der Waals surface area contributed by atoms with Gasteiger partial charge >= 0.3 is 0 Å². The number of hydrogen-bond acceptors (Lipinski definition) is 0. The molecule has 0 N–H and O–H groups in total. The van der Waals surface area contributed by atoms with Gasteiger partial charge in [-0.2, -0.15) is 0 Å².